The summed E-state index contributed by atoms with van der Waals surface area (Å²) in [6, 6.07) is 5.97. The first-order valence-corrected chi connectivity index (χ1v) is 6.11. The van der Waals surface area contributed by atoms with Crippen molar-refractivity contribution in [2.24, 2.45) is 5.92 Å². The number of amides is 1. The lowest BCUT2D eigenvalue weighted by molar-refractivity contribution is -0.118. The number of ether oxygens (including phenoxy) is 1. The standard InChI is InChI=1S/C14H14FN3O2/c1-9(2)14(19)18-13-4-3-11(8-17-13)20-10-5-6-16-12(15)7-10/h3-9H,1-2H3,(H,17,18,19). The van der Waals surface area contributed by atoms with Crippen molar-refractivity contribution in [3.05, 3.63) is 42.6 Å². The molecule has 0 atom stereocenters. The number of halogens is 1. The minimum Gasteiger partial charge on any atom is -0.456 e. The van der Waals surface area contributed by atoms with E-state index < -0.39 is 5.95 Å². The molecule has 0 bridgehead atoms. The summed E-state index contributed by atoms with van der Waals surface area (Å²) in [6.07, 6.45) is 2.77. The molecule has 0 unspecified atom stereocenters. The lowest BCUT2D eigenvalue weighted by atomic mass is 10.2. The third-order valence-corrected chi connectivity index (χ3v) is 2.45. The molecule has 1 amide bonds. The predicted molar refractivity (Wildman–Crippen MR) is 72.0 cm³/mol. The van der Waals surface area contributed by atoms with Crippen LogP contribution in [0.3, 0.4) is 0 Å². The maximum atomic E-state index is 12.9. The molecule has 6 heteroatoms. The van der Waals surface area contributed by atoms with E-state index in [0.717, 1.165) is 0 Å². The van der Waals surface area contributed by atoms with Gasteiger partial charge in [0, 0.05) is 18.2 Å². The molecule has 104 valence electrons. The number of carbonyl (C=O) groups excluding carboxylic acids is 1. The fraction of sp³-hybridized carbons (Fsp3) is 0.214. The zero-order valence-electron chi connectivity index (χ0n) is 11.1. The Kier molecular flexibility index (Phi) is 4.24. The molecule has 0 aliphatic heterocycles. The number of pyridine rings is 2. The SMILES string of the molecule is CC(C)C(=O)Nc1ccc(Oc2ccnc(F)c2)cn1. The van der Waals surface area contributed by atoms with E-state index in [2.05, 4.69) is 15.3 Å². The number of rotatable bonds is 4. The van der Waals surface area contributed by atoms with Gasteiger partial charge in [-0.2, -0.15) is 4.39 Å². The highest BCUT2D eigenvalue weighted by atomic mass is 19.1. The molecule has 2 heterocycles. The zero-order valence-corrected chi connectivity index (χ0v) is 11.1. The molecule has 2 aromatic rings. The van der Waals surface area contributed by atoms with E-state index in [1.54, 1.807) is 26.0 Å². The van der Waals surface area contributed by atoms with Gasteiger partial charge in [-0.1, -0.05) is 13.8 Å². The van der Waals surface area contributed by atoms with Gasteiger partial charge in [-0.3, -0.25) is 4.79 Å². The number of hydrogen-bond donors (Lipinski definition) is 1. The van der Waals surface area contributed by atoms with Crippen molar-refractivity contribution in [1.82, 2.24) is 9.97 Å². The molecule has 2 rings (SSSR count). The lowest BCUT2D eigenvalue weighted by Gasteiger charge is -2.08. The second kappa shape index (κ2) is 6.10. The molecule has 0 fully saturated rings. The number of nitrogens with zero attached hydrogens (tertiary/aromatic N) is 2. The highest BCUT2D eigenvalue weighted by Gasteiger charge is 2.08. The number of carbonyl (C=O) groups is 1. The van der Waals surface area contributed by atoms with Crippen molar-refractivity contribution < 1.29 is 13.9 Å². The van der Waals surface area contributed by atoms with Crippen LogP contribution in [0.15, 0.2) is 36.7 Å². The smallest absolute Gasteiger partial charge is 0.228 e. The predicted octanol–water partition coefficient (Wildman–Crippen LogP) is 3.00. The maximum absolute atomic E-state index is 12.9. The maximum Gasteiger partial charge on any atom is 0.228 e. The van der Waals surface area contributed by atoms with Crippen LogP contribution in [0.4, 0.5) is 10.2 Å². The third kappa shape index (κ3) is 3.74. The molecule has 0 aromatic carbocycles. The van der Waals surface area contributed by atoms with Crippen LogP contribution in [0, 0.1) is 11.9 Å². The Hall–Kier alpha value is -2.50. The van der Waals surface area contributed by atoms with Gasteiger partial charge < -0.3 is 10.1 Å². The zero-order chi connectivity index (χ0) is 14.5. The van der Waals surface area contributed by atoms with Gasteiger partial charge in [0.1, 0.15) is 17.3 Å². The Labute approximate surface area is 115 Å². The van der Waals surface area contributed by atoms with Gasteiger partial charge in [-0.05, 0) is 18.2 Å². The van der Waals surface area contributed by atoms with E-state index in [0.29, 0.717) is 17.3 Å². The van der Waals surface area contributed by atoms with Crippen LogP contribution >= 0.6 is 0 Å². The fourth-order valence-electron chi connectivity index (χ4n) is 1.37. The van der Waals surface area contributed by atoms with E-state index in [-0.39, 0.29) is 11.8 Å². The van der Waals surface area contributed by atoms with E-state index in [1.807, 2.05) is 0 Å². The van der Waals surface area contributed by atoms with Crippen LogP contribution in [-0.4, -0.2) is 15.9 Å². The van der Waals surface area contributed by atoms with Gasteiger partial charge in [0.25, 0.3) is 0 Å². The van der Waals surface area contributed by atoms with Gasteiger partial charge in [0.2, 0.25) is 11.9 Å². The minimum absolute atomic E-state index is 0.109. The van der Waals surface area contributed by atoms with Crippen LogP contribution in [0.1, 0.15) is 13.8 Å². The summed E-state index contributed by atoms with van der Waals surface area (Å²) < 4.78 is 18.3. The van der Waals surface area contributed by atoms with Crippen LogP contribution in [0.2, 0.25) is 0 Å². The molecule has 1 N–H and O–H groups in total. The van der Waals surface area contributed by atoms with Crippen LogP contribution in [-0.2, 0) is 4.79 Å². The first kappa shape index (κ1) is 13.9. The van der Waals surface area contributed by atoms with Crippen molar-refractivity contribution in [3.8, 4) is 11.5 Å². The molecular weight excluding hydrogens is 261 g/mol. The van der Waals surface area contributed by atoms with Gasteiger partial charge >= 0.3 is 0 Å². The molecule has 0 saturated heterocycles. The van der Waals surface area contributed by atoms with E-state index >= 15 is 0 Å². The van der Waals surface area contributed by atoms with Crippen LogP contribution in [0.5, 0.6) is 11.5 Å². The fourth-order valence-corrected chi connectivity index (χ4v) is 1.37. The van der Waals surface area contributed by atoms with Crippen molar-refractivity contribution in [2.75, 3.05) is 5.32 Å². The molecular formula is C14H14FN3O2. The second-order valence-corrected chi connectivity index (χ2v) is 4.44. The van der Waals surface area contributed by atoms with Gasteiger partial charge in [-0.25, -0.2) is 9.97 Å². The number of anilines is 1. The van der Waals surface area contributed by atoms with Crippen molar-refractivity contribution in [2.45, 2.75) is 13.8 Å². The lowest BCUT2D eigenvalue weighted by Crippen LogP contribution is -2.18. The number of aromatic nitrogens is 2. The van der Waals surface area contributed by atoms with E-state index in [9.17, 15) is 9.18 Å². The van der Waals surface area contributed by atoms with Crippen molar-refractivity contribution in [1.29, 1.82) is 0 Å². The second-order valence-electron chi connectivity index (χ2n) is 4.44. The number of nitrogens with one attached hydrogen (secondary N) is 1. The van der Waals surface area contributed by atoms with E-state index in [1.165, 1.54) is 24.5 Å². The first-order valence-electron chi connectivity index (χ1n) is 6.11. The van der Waals surface area contributed by atoms with Gasteiger partial charge in [0.15, 0.2) is 0 Å². The highest BCUT2D eigenvalue weighted by Crippen LogP contribution is 2.21. The summed E-state index contributed by atoms with van der Waals surface area (Å²) in [7, 11) is 0. The molecule has 2 aromatic heterocycles. The average molecular weight is 275 g/mol. The van der Waals surface area contributed by atoms with Crippen LogP contribution < -0.4 is 10.1 Å². The average Bonchev–Trinajstić information content (AvgIpc) is 2.41. The molecule has 0 saturated carbocycles. The summed E-state index contributed by atoms with van der Waals surface area (Å²) in [5, 5.41) is 2.67. The molecule has 0 radical (unpaired) electrons. The summed E-state index contributed by atoms with van der Waals surface area (Å²) >= 11 is 0. The van der Waals surface area contributed by atoms with Crippen LogP contribution in [0.25, 0.3) is 0 Å². The Bertz CT molecular complexity index is 600. The summed E-state index contributed by atoms with van der Waals surface area (Å²) in [5.41, 5.74) is 0. The topological polar surface area (TPSA) is 64.1 Å². The number of hydrogen-bond acceptors (Lipinski definition) is 4. The van der Waals surface area contributed by atoms with E-state index in [4.69, 9.17) is 4.74 Å². The minimum atomic E-state index is -0.615. The molecule has 0 aliphatic rings. The van der Waals surface area contributed by atoms with Gasteiger partial charge in [-0.15, -0.1) is 0 Å². The Morgan fingerprint density at radius 2 is 2.05 bits per heavy atom. The summed E-state index contributed by atoms with van der Waals surface area (Å²) in [6.45, 7) is 3.59. The highest BCUT2D eigenvalue weighted by molar-refractivity contribution is 5.91. The first-order chi connectivity index (χ1) is 9.54. The quantitative estimate of drug-likeness (QED) is 0.871. The largest absolute Gasteiger partial charge is 0.456 e. The van der Waals surface area contributed by atoms with Crippen molar-refractivity contribution >= 4 is 11.7 Å². The van der Waals surface area contributed by atoms with Gasteiger partial charge in [0.05, 0.1) is 6.20 Å². The third-order valence-electron chi connectivity index (χ3n) is 2.45. The Morgan fingerprint density at radius 1 is 1.25 bits per heavy atom. The molecule has 0 spiro atoms. The summed E-state index contributed by atoms with van der Waals surface area (Å²) in [4.78, 5) is 19.0. The molecule has 20 heavy (non-hydrogen) atoms. The normalized spacial score (nSPS) is 10.4. The molecule has 5 nitrogen and oxygen atoms in total. The monoisotopic (exact) mass is 275 g/mol. The summed E-state index contributed by atoms with van der Waals surface area (Å²) in [5.74, 6) is 0.375. The Morgan fingerprint density at radius 3 is 2.65 bits per heavy atom. The Balaban J connectivity index is 2.03. The van der Waals surface area contributed by atoms with Crippen molar-refractivity contribution in [3.63, 3.8) is 0 Å². The molecule has 0 aliphatic carbocycles.